The van der Waals surface area contributed by atoms with Crippen molar-refractivity contribution in [2.24, 2.45) is 0 Å². The molecule has 2 fully saturated rings. The third-order valence-corrected chi connectivity index (χ3v) is 8.33. The summed E-state index contributed by atoms with van der Waals surface area (Å²) in [6.45, 7) is 2.21. The Morgan fingerprint density at radius 1 is 1.21 bits per heavy atom. The van der Waals surface area contributed by atoms with Crippen molar-refractivity contribution in [3.8, 4) is 0 Å². The number of likely N-dealkylation sites (tertiary alicyclic amines) is 1. The Labute approximate surface area is 226 Å². The number of nitrogens with zero attached hydrogens (tertiary/aromatic N) is 3. The zero-order chi connectivity index (χ0) is 27.4. The lowest BCUT2D eigenvalue weighted by molar-refractivity contribution is -0.154. The fourth-order valence-corrected chi connectivity index (χ4v) is 5.87. The summed E-state index contributed by atoms with van der Waals surface area (Å²) < 4.78 is 0. The summed E-state index contributed by atoms with van der Waals surface area (Å²) in [5.41, 5.74) is 2.57. The van der Waals surface area contributed by atoms with Crippen LogP contribution in [0.15, 0.2) is 36.5 Å². The van der Waals surface area contributed by atoms with Crippen LogP contribution in [0.25, 0.3) is 0 Å². The number of carbonyl (C=O) groups is 2. The molecule has 0 spiro atoms. The summed E-state index contributed by atoms with van der Waals surface area (Å²) in [5.74, 6) is -1.000. The molecular weight excluding hydrogens is 504 g/mol. The van der Waals surface area contributed by atoms with Crippen molar-refractivity contribution in [1.82, 2.24) is 15.2 Å². The predicted molar refractivity (Wildman–Crippen MR) is 149 cm³/mol. The van der Waals surface area contributed by atoms with Gasteiger partial charge in [-0.1, -0.05) is 12.1 Å². The van der Waals surface area contributed by atoms with Gasteiger partial charge in [-0.25, -0.2) is 4.98 Å². The van der Waals surface area contributed by atoms with E-state index in [1.165, 1.54) is 11.1 Å². The zero-order valence-corrected chi connectivity index (χ0v) is 22.7. The molecule has 1 aliphatic heterocycles. The third-order valence-electron chi connectivity index (χ3n) is 7.08. The highest BCUT2D eigenvalue weighted by Gasteiger charge is 2.42. The van der Waals surface area contributed by atoms with Crippen molar-refractivity contribution in [2.75, 3.05) is 30.9 Å². The largest absolute Gasteiger partial charge is 0.380 e. The van der Waals surface area contributed by atoms with Gasteiger partial charge in [0.15, 0.2) is 17.3 Å². The number of nitrogens with one attached hydrogen (secondary N) is 3. The van der Waals surface area contributed by atoms with Crippen LogP contribution in [0.1, 0.15) is 66.7 Å². The predicted octanol–water partition coefficient (Wildman–Crippen LogP) is 2.92. The standard InChI is InChI=1S/C27H36N6O4S/c1-16(17-9-11-19(12-10-17)32(3)14-5-13-28)30-25(36)22(34)23(35)26(37)33-15-4-6-20(33)21-24(18-7-8-18)38-27(29-2)31-21/h5,9-14,16,18,20,22-23,28,34-35H,4,6-8,15H2,1-3H3,(H,29,31)(H,30,36)/b14-5-,28-13?/t16-,20-,22-,23-/m1/s1. The van der Waals surface area contributed by atoms with Gasteiger partial charge in [-0.3, -0.25) is 9.59 Å². The average Bonchev–Trinajstić information content (AvgIpc) is 3.50. The number of carbonyl (C=O) groups excluding carboxylic acids is 2. The van der Waals surface area contributed by atoms with Gasteiger partial charge in [-0.15, -0.1) is 11.3 Å². The van der Waals surface area contributed by atoms with Crippen LogP contribution < -0.4 is 15.5 Å². The van der Waals surface area contributed by atoms with Crippen LogP contribution in [0.3, 0.4) is 0 Å². The molecule has 2 aromatic rings. The van der Waals surface area contributed by atoms with Crippen LogP contribution >= 0.6 is 11.3 Å². The number of hydrogen-bond donors (Lipinski definition) is 5. The zero-order valence-electron chi connectivity index (χ0n) is 21.9. The van der Waals surface area contributed by atoms with Crippen LogP contribution in [0.5, 0.6) is 0 Å². The first kappa shape index (κ1) is 27.7. The van der Waals surface area contributed by atoms with E-state index in [-0.39, 0.29) is 6.04 Å². The van der Waals surface area contributed by atoms with E-state index < -0.39 is 30.1 Å². The molecule has 4 rings (SSSR count). The maximum atomic E-state index is 13.3. The molecule has 1 saturated heterocycles. The van der Waals surface area contributed by atoms with E-state index >= 15 is 0 Å². The summed E-state index contributed by atoms with van der Waals surface area (Å²) >= 11 is 1.61. The third kappa shape index (κ3) is 6.06. The second-order valence-corrected chi connectivity index (χ2v) is 10.8. The maximum Gasteiger partial charge on any atom is 0.255 e. The first-order valence-corrected chi connectivity index (χ1v) is 13.7. The lowest BCUT2D eigenvalue weighted by Crippen LogP contribution is -2.51. The summed E-state index contributed by atoms with van der Waals surface area (Å²) in [6.07, 6.45) is 4.51. The molecule has 2 aliphatic rings. The second-order valence-electron chi connectivity index (χ2n) is 9.81. The van der Waals surface area contributed by atoms with E-state index in [0.29, 0.717) is 12.5 Å². The highest BCUT2D eigenvalue weighted by molar-refractivity contribution is 7.15. The van der Waals surface area contributed by atoms with Crippen molar-refractivity contribution in [3.63, 3.8) is 0 Å². The Morgan fingerprint density at radius 3 is 2.55 bits per heavy atom. The Balaban J connectivity index is 1.39. The Bertz CT molecular complexity index is 1180. The number of aliphatic hydroxyl groups is 2. The summed E-state index contributed by atoms with van der Waals surface area (Å²) in [4.78, 5) is 35.4. The van der Waals surface area contributed by atoms with Crippen LogP contribution in [0.4, 0.5) is 10.8 Å². The lowest BCUT2D eigenvalue weighted by atomic mass is 10.1. The van der Waals surface area contributed by atoms with Crippen molar-refractivity contribution in [2.45, 2.75) is 62.8 Å². The van der Waals surface area contributed by atoms with Crippen LogP contribution in [0, 0.1) is 5.41 Å². The molecule has 4 atom stereocenters. The van der Waals surface area contributed by atoms with Gasteiger partial charge in [0.2, 0.25) is 0 Å². The van der Waals surface area contributed by atoms with Gasteiger partial charge in [0, 0.05) is 43.6 Å². The van der Waals surface area contributed by atoms with E-state index in [1.807, 2.05) is 43.3 Å². The Kier molecular flexibility index (Phi) is 8.80. The number of amides is 2. The number of rotatable bonds is 11. The number of aliphatic hydroxyl groups excluding tert-OH is 2. The van der Waals surface area contributed by atoms with Gasteiger partial charge >= 0.3 is 0 Å². The minimum absolute atomic E-state index is 0.272. The molecule has 10 nitrogen and oxygen atoms in total. The quantitative estimate of drug-likeness (QED) is 0.276. The molecular formula is C27H36N6O4S. The molecule has 2 heterocycles. The lowest BCUT2D eigenvalue weighted by Gasteiger charge is -2.28. The minimum Gasteiger partial charge on any atom is -0.380 e. The van der Waals surface area contributed by atoms with E-state index in [2.05, 4.69) is 10.6 Å². The topological polar surface area (TPSA) is 142 Å². The number of allylic oxidation sites excluding steroid dienone is 1. The van der Waals surface area contributed by atoms with Crippen molar-refractivity contribution in [1.29, 1.82) is 5.41 Å². The fraction of sp³-hybridized carbons (Fsp3) is 0.481. The fourth-order valence-electron chi connectivity index (χ4n) is 4.73. The van der Waals surface area contributed by atoms with Gasteiger partial charge in [0.05, 0.1) is 17.8 Å². The summed E-state index contributed by atoms with van der Waals surface area (Å²) in [5, 5.41) is 35.0. The molecule has 1 aromatic carbocycles. The van der Waals surface area contributed by atoms with Gasteiger partial charge in [0.25, 0.3) is 11.8 Å². The van der Waals surface area contributed by atoms with Gasteiger partial charge in [-0.05, 0) is 62.3 Å². The molecule has 2 amide bonds. The highest BCUT2D eigenvalue weighted by Crippen LogP contribution is 2.49. The second kappa shape index (κ2) is 12.1. The van der Waals surface area contributed by atoms with Crippen LogP contribution in [-0.4, -0.2) is 71.0 Å². The molecule has 5 N–H and O–H groups in total. The number of thiazole rings is 1. The molecule has 0 bridgehead atoms. The van der Waals surface area contributed by atoms with E-state index in [0.717, 1.165) is 47.8 Å². The number of anilines is 2. The first-order valence-electron chi connectivity index (χ1n) is 12.9. The van der Waals surface area contributed by atoms with Gasteiger partial charge in [0.1, 0.15) is 0 Å². The summed E-state index contributed by atoms with van der Waals surface area (Å²) in [7, 11) is 3.68. The maximum absolute atomic E-state index is 13.3. The number of benzene rings is 1. The Hall–Kier alpha value is -3.28. The molecule has 1 saturated carbocycles. The molecule has 38 heavy (non-hydrogen) atoms. The Morgan fingerprint density at radius 2 is 1.92 bits per heavy atom. The van der Waals surface area contributed by atoms with E-state index in [4.69, 9.17) is 10.4 Å². The van der Waals surface area contributed by atoms with Gasteiger partial charge < -0.3 is 36.1 Å². The van der Waals surface area contributed by atoms with Crippen molar-refractivity contribution >= 4 is 40.2 Å². The number of aromatic nitrogens is 1. The summed E-state index contributed by atoms with van der Waals surface area (Å²) in [6, 6.07) is 6.73. The van der Waals surface area contributed by atoms with Crippen molar-refractivity contribution in [3.05, 3.63) is 52.7 Å². The van der Waals surface area contributed by atoms with E-state index in [9.17, 15) is 19.8 Å². The van der Waals surface area contributed by atoms with Crippen LogP contribution in [-0.2, 0) is 9.59 Å². The van der Waals surface area contributed by atoms with Crippen LogP contribution in [0.2, 0.25) is 0 Å². The monoisotopic (exact) mass is 540 g/mol. The SMILES string of the molecule is CNc1nc([C@H]2CCCN2C(=O)[C@H](O)[C@@H](O)C(=O)N[C@H](C)c2ccc(N(C)/C=C\C=N)cc2)c(C2CC2)s1. The molecule has 0 unspecified atom stereocenters. The molecule has 0 radical (unpaired) electrons. The minimum atomic E-state index is -1.89. The van der Waals surface area contributed by atoms with E-state index in [1.54, 1.807) is 35.4 Å². The molecule has 11 heteroatoms. The molecule has 204 valence electrons. The number of hydrogen-bond acceptors (Lipinski definition) is 9. The molecule has 1 aromatic heterocycles. The van der Waals surface area contributed by atoms with Gasteiger partial charge in [-0.2, -0.15) is 0 Å². The molecule has 1 aliphatic carbocycles. The smallest absolute Gasteiger partial charge is 0.255 e. The average molecular weight is 541 g/mol. The normalized spacial score (nSPS) is 19.7. The first-order chi connectivity index (χ1) is 18.2. The van der Waals surface area contributed by atoms with Crippen molar-refractivity contribution < 1.29 is 19.8 Å². The highest BCUT2D eigenvalue weighted by atomic mass is 32.1.